The number of hydrogen-bond donors (Lipinski definition) is 1. The normalized spacial score (nSPS) is 12.4. The molecule has 0 saturated heterocycles. The lowest BCUT2D eigenvalue weighted by atomic mass is 9.97. The number of rotatable bonds is 3. The summed E-state index contributed by atoms with van der Waals surface area (Å²) in [4.78, 5) is 4.21. The lowest BCUT2D eigenvalue weighted by Crippen LogP contribution is -2.18. The summed E-state index contributed by atoms with van der Waals surface area (Å²) in [6.45, 7) is 2.11. The van der Waals surface area contributed by atoms with Gasteiger partial charge in [0.05, 0.1) is 6.04 Å². The number of halogens is 1. The van der Waals surface area contributed by atoms with Crippen LogP contribution in [-0.4, -0.2) is 12.0 Å². The van der Waals surface area contributed by atoms with Gasteiger partial charge in [0.1, 0.15) is 0 Å². The third kappa shape index (κ3) is 2.73. The van der Waals surface area contributed by atoms with E-state index in [9.17, 15) is 0 Å². The van der Waals surface area contributed by atoms with E-state index in [1.807, 2.05) is 31.6 Å². The van der Waals surface area contributed by atoms with Crippen LogP contribution in [0.3, 0.4) is 0 Å². The molecular formula is C14H15BrN2. The van der Waals surface area contributed by atoms with E-state index in [4.69, 9.17) is 0 Å². The van der Waals surface area contributed by atoms with Crippen LogP contribution in [0.2, 0.25) is 0 Å². The van der Waals surface area contributed by atoms with Gasteiger partial charge in [-0.2, -0.15) is 0 Å². The summed E-state index contributed by atoms with van der Waals surface area (Å²) in [7, 11) is 1.97. The van der Waals surface area contributed by atoms with Gasteiger partial charge in [0, 0.05) is 16.9 Å². The first-order valence-corrected chi connectivity index (χ1v) is 6.35. The average molecular weight is 291 g/mol. The van der Waals surface area contributed by atoms with Crippen LogP contribution in [-0.2, 0) is 0 Å². The highest BCUT2D eigenvalue weighted by Gasteiger charge is 2.14. The Kier molecular flexibility index (Phi) is 3.92. The molecule has 0 radical (unpaired) electrons. The zero-order valence-electron chi connectivity index (χ0n) is 9.94. The first kappa shape index (κ1) is 12.3. The van der Waals surface area contributed by atoms with E-state index in [1.165, 1.54) is 16.7 Å². The predicted octanol–water partition coefficient (Wildman–Crippen LogP) is 3.46. The fourth-order valence-corrected chi connectivity index (χ4v) is 2.38. The topological polar surface area (TPSA) is 24.9 Å². The molecule has 2 rings (SSSR count). The lowest BCUT2D eigenvalue weighted by Gasteiger charge is -2.19. The maximum atomic E-state index is 4.21. The summed E-state index contributed by atoms with van der Waals surface area (Å²) in [5.74, 6) is 0. The van der Waals surface area contributed by atoms with Gasteiger partial charge in [-0.1, -0.05) is 28.1 Å². The van der Waals surface area contributed by atoms with Crippen molar-refractivity contribution in [3.63, 3.8) is 0 Å². The Morgan fingerprint density at radius 3 is 2.76 bits per heavy atom. The maximum absolute atomic E-state index is 4.21. The van der Waals surface area contributed by atoms with E-state index in [1.54, 1.807) is 0 Å². The van der Waals surface area contributed by atoms with Crippen molar-refractivity contribution in [1.29, 1.82) is 0 Å². The zero-order chi connectivity index (χ0) is 12.3. The second-order valence-corrected chi connectivity index (χ2v) is 4.92. The molecule has 88 valence electrons. The number of pyridine rings is 1. The molecule has 1 N–H and O–H groups in total. The molecule has 3 heteroatoms. The van der Waals surface area contributed by atoms with Gasteiger partial charge < -0.3 is 5.32 Å². The summed E-state index contributed by atoms with van der Waals surface area (Å²) < 4.78 is 1.09. The first-order valence-electron chi connectivity index (χ1n) is 5.55. The maximum Gasteiger partial charge on any atom is 0.0592 e. The Morgan fingerprint density at radius 1 is 1.29 bits per heavy atom. The van der Waals surface area contributed by atoms with Crippen molar-refractivity contribution in [3.05, 3.63) is 63.9 Å². The summed E-state index contributed by atoms with van der Waals surface area (Å²) >= 11 is 3.51. The summed E-state index contributed by atoms with van der Waals surface area (Å²) in [6, 6.07) is 10.6. The van der Waals surface area contributed by atoms with Crippen molar-refractivity contribution in [3.8, 4) is 0 Å². The Hall–Kier alpha value is -1.19. The number of aromatic nitrogens is 1. The number of hydrogen-bond acceptors (Lipinski definition) is 2. The number of benzene rings is 1. The fraction of sp³-hybridized carbons (Fsp3) is 0.214. The van der Waals surface area contributed by atoms with Crippen LogP contribution < -0.4 is 5.32 Å². The van der Waals surface area contributed by atoms with Crippen LogP contribution in [0.4, 0.5) is 0 Å². The van der Waals surface area contributed by atoms with Crippen molar-refractivity contribution in [2.45, 2.75) is 13.0 Å². The van der Waals surface area contributed by atoms with Gasteiger partial charge in [-0.25, -0.2) is 0 Å². The molecule has 0 aliphatic heterocycles. The summed E-state index contributed by atoms with van der Waals surface area (Å²) in [5, 5.41) is 3.34. The van der Waals surface area contributed by atoms with Gasteiger partial charge in [-0.15, -0.1) is 0 Å². The molecule has 1 aromatic carbocycles. The molecule has 2 aromatic rings. The van der Waals surface area contributed by atoms with Gasteiger partial charge in [0.25, 0.3) is 0 Å². The van der Waals surface area contributed by atoms with Crippen molar-refractivity contribution in [2.24, 2.45) is 0 Å². The minimum Gasteiger partial charge on any atom is -0.309 e. The largest absolute Gasteiger partial charge is 0.309 e. The minimum absolute atomic E-state index is 0.182. The third-order valence-electron chi connectivity index (χ3n) is 2.86. The van der Waals surface area contributed by atoms with Crippen molar-refractivity contribution in [2.75, 3.05) is 7.05 Å². The molecule has 1 aromatic heterocycles. The Labute approximate surface area is 110 Å². The average Bonchev–Trinajstić information content (AvgIpc) is 2.33. The standard InChI is InChI=1S/C14H15BrN2/c1-10-6-7-17-9-13(10)14(16-2)11-4-3-5-12(15)8-11/h3-9,14,16H,1-2H3. The SMILES string of the molecule is CNC(c1cccc(Br)c1)c1cnccc1C. The highest BCUT2D eigenvalue weighted by molar-refractivity contribution is 9.10. The molecule has 17 heavy (non-hydrogen) atoms. The molecule has 0 saturated carbocycles. The van der Waals surface area contributed by atoms with Gasteiger partial charge in [0.2, 0.25) is 0 Å². The molecule has 0 aliphatic carbocycles. The molecule has 0 amide bonds. The number of nitrogens with one attached hydrogen (secondary N) is 1. The van der Waals surface area contributed by atoms with Crippen LogP contribution in [0.5, 0.6) is 0 Å². The van der Waals surface area contributed by atoms with E-state index >= 15 is 0 Å². The Balaban J connectivity index is 2.44. The van der Waals surface area contributed by atoms with Gasteiger partial charge in [-0.05, 0) is 48.9 Å². The van der Waals surface area contributed by atoms with Gasteiger partial charge in [-0.3, -0.25) is 4.98 Å². The molecule has 0 aliphatic rings. The molecule has 0 bridgehead atoms. The van der Waals surface area contributed by atoms with Crippen molar-refractivity contribution >= 4 is 15.9 Å². The van der Waals surface area contributed by atoms with Crippen LogP contribution in [0.1, 0.15) is 22.7 Å². The second-order valence-electron chi connectivity index (χ2n) is 4.01. The highest BCUT2D eigenvalue weighted by atomic mass is 79.9. The van der Waals surface area contributed by atoms with Gasteiger partial charge in [0.15, 0.2) is 0 Å². The van der Waals surface area contributed by atoms with Crippen LogP contribution in [0.15, 0.2) is 47.2 Å². The van der Waals surface area contributed by atoms with E-state index in [2.05, 4.69) is 51.4 Å². The van der Waals surface area contributed by atoms with E-state index in [0.29, 0.717) is 0 Å². The van der Waals surface area contributed by atoms with Crippen LogP contribution in [0.25, 0.3) is 0 Å². The monoisotopic (exact) mass is 290 g/mol. The molecule has 1 unspecified atom stereocenters. The fourth-order valence-electron chi connectivity index (χ4n) is 1.97. The first-order chi connectivity index (χ1) is 8.22. The number of nitrogens with zero attached hydrogens (tertiary/aromatic N) is 1. The van der Waals surface area contributed by atoms with Crippen molar-refractivity contribution in [1.82, 2.24) is 10.3 Å². The van der Waals surface area contributed by atoms with E-state index < -0.39 is 0 Å². The van der Waals surface area contributed by atoms with Gasteiger partial charge >= 0.3 is 0 Å². The summed E-state index contributed by atoms with van der Waals surface area (Å²) in [6.07, 6.45) is 3.75. The van der Waals surface area contributed by atoms with E-state index in [0.717, 1.165) is 4.47 Å². The van der Waals surface area contributed by atoms with E-state index in [-0.39, 0.29) is 6.04 Å². The zero-order valence-corrected chi connectivity index (χ0v) is 11.5. The third-order valence-corrected chi connectivity index (χ3v) is 3.35. The Morgan fingerprint density at radius 2 is 2.12 bits per heavy atom. The predicted molar refractivity (Wildman–Crippen MR) is 74.0 cm³/mol. The quantitative estimate of drug-likeness (QED) is 0.936. The number of aryl methyl sites for hydroxylation is 1. The summed E-state index contributed by atoms with van der Waals surface area (Å²) in [5.41, 5.74) is 3.70. The van der Waals surface area contributed by atoms with Crippen molar-refractivity contribution < 1.29 is 0 Å². The van der Waals surface area contributed by atoms with Crippen LogP contribution >= 0.6 is 15.9 Å². The lowest BCUT2D eigenvalue weighted by molar-refractivity contribution is 0.684. The molecule has 0 fully saturated rings. The molecular weight excluding hydrogens is 276 g/mol. The molecule has 2 nitrogen and oxygen atoms in total. The highest BCUT2D eigenvalue weighted by Crippen LogP contribution is 2.25. The second kappa shape index (κ2) is 5.43. The van der Waals surface area contributed by atoms with Crippen LogP contribution in [0, 0.1) is 6.92 Å². The minimum atomic E-state index is 0.182. The molecule has 1 atom stereocenters. The molecule has 0 spiro atoms. The Bertz CT molecular complexity index is 511. The molecule has 1 heterocycles. The smallest absolute Gasteiger partial charge is 0.0592 e.